The molecule has 0 saturated heterocycles. The topological polar surface area (TPSA) is 49.2 Å². The van der Waals surface area contributed by atoms with Crippen LogP contribution in [0.4, 0.5) is 5.82 Å². The Kier molecular flexibility index (Phi) is 4.35. The van der Waals surface area contributed by atoms with E-state index in [9.17, 15) is 0 Å². The summed E-state index contributed by atoms with van der Waals surface area (Å²) in [4.78, 5) is 10.7. The lowest BCUT2D eigenvalue weighted by Crippen LogP contribution is -2.19. The quantitative estimate of drug-likeness (QED) is 0.933. The molecule has 1 N–H and O–H groups in total. The van der Waals surface area contributed by atoms with Crippen molar-refractivity contribution in [2.24, 2.45) is 0 Å². The summed E-state index contributed by atoms with van der Waals surface area (Å²) < 4.78 is 0. The SMILES string of the molecule is Cc1cccc(CN(C)c2ncc(CO)cc2Cl)n1. The molecule has 0 aliphatic carbocycles. The minimum atomic E-state index is -0.0594. The largest absolute Gasteiger partial charge is 0.392 e. The van der Waals surface area contributed by atoms with Gasteiger partial charge in [-0.15, -0.1) is 0 Å². The number of aliphatic hydroxyl groups is 1. The van der Waals surface area contributed by atoms with Crippen LogP contribution in [0, 0.1) is 6.92 Å². The Morgan fingerprint density at radius 1 is 1.37 bits per heavy atom. The summed E-state index contributed by atoms with van der Waals surface area (Å²) in [7, 11) is 1.91. The number of hydrogen-bond donors (Lipinski definition) is 1. The van der Waals surface area contributed by atoms with Gasteiger partial charge in [0.25, 0.3) is 0 Å². The number of halogens is 1. The number of aryl methyl sites for hydroxylation is 1. The van der Waals surface area contributed by atoms with Gasteiger partial charge in [-0.25, -0.2) is 4.98 Å². The van der Waals surface area contributed by atoms with Gasteiger partial charge in [0, 0.05) is 18.9 Å². The Morgan fingerprint density at radius 3 is 2.79 bits per heavy atom. The van der Waals surface area contributed by atoms with Crippen molar-refractivity contribution < 1.29 is 5.11 Å². The van der Waals surface area contributed by atoms with E-state index in [0.29, 0.717) is 22.9 Å². The molecule has 0 amide bonds. The van der Waals surface area contributed by atoms with Gasteiger partial charge in [-0.2, -0.15) is 0 Å². The zero-order chi connectivity index (χ0) is 13.8. The monoisotopic (exact) mass is 277 g/mol. The van der Waals surface area contributed by atoms with Gasteiger partial charge in [-0.3, -0.25) is 4.98 Å². The van der Waals surface area contributed by atoms with Crippen LogP contribution in [0.1, 0.15) is 17.0 Å². The lowest BCUT2D eigenvalue weighted by atomic mass is 10.2. The van der Waals surface area contributed by atoms with E-state index < -0.39 is 0 Å². The molecule has 0 spiro atoms. The molecule has 100 valence electrons. The Morgan fingerprint density at radius 2 is 2.16 bits per heavy atom. The predicted octanol–water partition coefficient (Wildman–Crippen LogP) is 2.57. The molecule has 0 unspecified atom stereocenters. The van der Waals surface area contributed by atoms with Crippen LogP contribution < -0.4 is 4.90 Å². The van der Waals surface area contributed by atoms with Crippen molar-refractivity contribution in [1.29, 1.82) is 0 Å². The van der Waals surface area contributed by atoms with Crippen molar-refractivity contribution in [2.45, 2.75) is 20.1 Å². The van der Waals surface area contributed by atoms with Crippen molar-refractivity contribution >= 4 is 17.4 Å². The fourth-order valence-corrected chi connectivity index (χ4v) is 2.18. The van der Waals surface area contributed by atoms with Gasteiger partial charge in [0.2, 0.25) is 0 Å². The summed E-state index contributed by atoms with van der Waals surface area (Å²) in [5.41, 5.74) is 2.66. The average molecular weight is 278 g/mol. The van der Waals surface area contributed by atoms with Crippen LogP contribution in [0.3, 0.4) is 0 Å². The van der Waals surface area contributed by atoms with Gasteiger partial charge in [0.1, 0.15) is 5.82 Å². The number of nitrogens with zero attached hydrogens (tertiary/aromatic N) is 3. The molecule has 2 aromatic heterocycles. The standard InChI is InChI=1S/C14H16ClN3O/c1-10-4-3-5-12(17-10)8-18(2)14-13(15)6-11(9-19)7-16-14/h3-7,19H,8-9H2,1-2H3. The zero-order valence-electron chi connectivity index (χ0n) is 11.0. The van der Waals surface area contributed by atoms with Crippen molar-refractivity contribution in [3.63, 3.8) is 0 Å². The van der Waals surface area contributed by atoms with Crippen LogP contribution in [0.2, 0.25) is 5.02 Å². The van der Waals surface area contributed by atoms with Crippen LogP contribution in [0.5, 0.6) is 0 Å². The molecular weight excluding hydrogens is 262 g/mol. The third-order valence-corrected chi connectivity index (χ3v) is 3.05. The second-order valence-corrected chi connectivity index (χ2v) is 4.84. The number of aliphatic hydroxyl groups excluding tert-OH is 1. The van der Waals surface area contributed by atoms with E-state index in [-0.39, 0.29) is 6.61 Å². The van der Waals surface area contributed by atoms with Crippen molar-refractivity contribution in [3.8, 4) is 0 Å². The summed E-state index contributed by atoms with van der Waals surface area (Å²) >= 11 is 6.16. The van der Waals surface area contributed by atoms with Crippen LogP contribution >= 0.6 is 11.6 Å². The van der Waals surface area contributed by atoms with Gasteiger partial charge in [0.05, 0.1) is 23.9 Å². The summed E-state index contributed by atoms with van der Waals surface area (Å²) in [6.45, 7) is 2.54. The Hall–Kier alpha value is -1.65. The lowest BCUT2D eigenvalue weighted by Gasteiger charge is -2.19. The third-order valence-electron chi connectivity index (χ3n) is 2.77. The predicted molar refractivity (Wildman–Crippen MR) is 76.3 cm³/mol. The minimum absolute atomic E-state index is 0.0594. The number of aromatic nitrogens is 2. The van der Waals surface area contributed by atoms with Gasteiger partial charge in [-0.05, 0) is 30.7 Å². The first-order valence-electron chi connectivity index (χ1n) is 5.99. The van der Waals surface area contributed by atoms with E-state index >= 15 is 0 Å². The van der Waals surface area contributed by atoms with Crippen LogP contribution in [-0.2, 0) is 13.2 Å². The van der Waals surface area contributed by atoms with Crippen LogP contribution in [0.25, 0.3) is 0 Å². The van der Waals surface area contributed by atoms with Gasteiger partial charge in [-0.1, -0.05) is 17.7 Å². The summed E-state index contributed by atoms with van der Waals surface area (Å²) in [5, 5.41) is 9.56. The van der Waals surface area contributed by atoms with Gasteiger partial charge < -0.3 is 10.0 Å². The molecule has 2 heterocycles. The highest BCUT2D eigenvalue weighted by molar-refractivity contribution is 6.33. The first-order chi connectivity index (χ1) is 9.10. The molecule has 0 bridgehead atoms. The first kappa shape index (κ1) is 13.8. The molecule has 2 aromatic rings. The molecule has 0 saturated carbocycles. The van der Waals surface area contributed by atoms with Crippen LogP contribution in [0.15, 0.2) is 30.5 Å². The zero-order valence-corrected chi connectivity index (χ0v) is 11.7. The second kappa shape index (κ2) is 5.99. The molecule has 0 fully saturated rings. The molecule has 19 heavy (non-hydrogen) atoms. The van der Waals surface area contributed by atoms with Gasteiger partial charge >= 0.3 is 0 Å². The number of rotatable bonds is 4. The molecule has 0 atom stereocenters. The van der Waals surface area contributed by atoms with E-state index in [1.165, 1.54) is 0 Å². The maximum absolute atomic E-state index is 9.04. The highest BCUT2D eigenvalue weighted by Crippen LogP contribution is 2.24. The van der Waals surface area contributed by atoms with Gasteiger partial charge in [0.15, 0.2) is 0 Å². The lowest BCUT2D eigenvalue weighted by molar-refractivity contribution is 0.281. The normalized spacial score (nSPS) is 10.5. The van der Waals surface area contributed by atoms with Crippen LogP contribution in [-0.4, -0.2) is 22.1 Å². The highest BCUT2D eigenvalue weighted by Gasteiger charge is 2.10. The number of anilines is 1. The van der Waals surface area contributed by atoms with Crippen molar-refractivity contribution in [2.75, 3.05) is 11.9 Å². The molecule has 0 aliphatic heterocycles. The van der Waals surface area contributed by atoms with E-state index in [1.807, 2.05) is 37.1 Å². The Bertz CT molecular complexity index is 574. The molecule has 0 aromatic carbocycles. The first-order valence-corrected chi connectivity index (χ1v) is 6.37. The van der Waals surface area contributed by atoms with E-state index in [0.717, 1.165) is 11.4 Å². The molecule has 0 aliphatic rings. The number of pyridine rings is 2. The fraction of sp³-hybridized carbons (Fsp3) is 0.286. The average Bonchev–Trinajstić information content (AvgIpc) is 2.38. The summed E-state index contributed by atoms with van der Waals surface area (Å²) in [6, 6.07) is 7.64. The van der Waals surface area contributed by atoms with E-state index in [4.69, 9.17) is 16.7 Å². The molecule has 4 nitrogen and oxygen atoms in total. The fourth-order valence-electron chi connectivity index (χ4n) is 1.84. The summed E-state index contributed by atoms with van der Waals surface area (Å²) in [5.74, 6) is 0.683. The maximum atomic E-state index is 9.04. The molecule has 0 radical (unpaired) electrons. The molecule has 5 heteroatoms. The second-order valence-electron chi connectivity index (χ2n) is 4.43. The molecule has 2 rings (SSSR count). The van der Waals surface area contributed by atoms with E-state index in [2.05, 4.69) is 9.97 Å². The van der Waals surface area contributed by atoms with E-state index in [1.54, 1.807) is 12.3 Å². The minimum Gasteiger partial charge on any atom is -0.392 e. The van der Waals surface area contributed by atoms with Crippen molar-refractivity contribution in [3.05, 3.63) is 52.4 Å². The maximum Gasteiger partial charge on any atom is 0.147 e. The Labute approximate surface area is 117 Å². The Balaban J connectivity index is 2.18. The smallest absolute Gasteiger partial charge is 0.147 e. The molecular formula is C14H16ClN3O. The third kappa shape index (κ3) is 3.43. The summed E-state index contributed by atoms with van der Waals surface area (Å²) in [6.07, 6.45) is 1.63. The number of hydrogen-bond acceptors (Lipinski definition) is 4. The highest BCUT2D eigenvalue weighted by atomic mass is 35.5. The van der Waals surface area contributed by atoms with Crippen molar-refractivity contribution in [1.82, 2.24) is 9.97 Å².